The van der Waals surface area contributed by atoms with Crippen LogP contribution in [-0.4, -0.2) is 27.5 Å². The van der Waals surface area contributed by atoms with Crippen LogP contribution in [0.3, 0.4) is 0 Å². The average Bonchev–Trinajstić information content (AvgIpc) is 2.58. The van der Waals surface area contributed by atoms with Crippen LogP contribution in [0.5, 0.6) is 0 Å². The van der Waals surface area contributed by atoms with Crippen LogP contribution in [0.2, 0.25) is 19.6 Å². The summed E-state index contributed by atoms with van der Waals surface area (Å²) in [6.45, 7) is 8.99. The molecule has 0 aliphatic carbocycles. The van der Waals surface area contributed by atoms with E-state index in [0.29, 0.717) is 6.42 Å². The van der Waals surface area contributed by atoms with Gasteiger partial charge in [-0.25, -0.2) is 0 Å². The average molecular weight is 383 g/mol. The molecule has 0 amide bonds. The first-order valence-electron chi connectivity index (χ1n) is 10.5. The fourth-order valence-electron chi connectivity index (χ4n) is 2.77. The molecule has 0 aromatic heterocycles. The van der Waals surface area contributed by atoms with Crippen molar-refractivity contribution in [2.24, 2.45) is 0 Å². The summed E-state index contributed by atoms with van der Waals surface area (Å²) in [5.74, 6) is -0.0958. The number of allylic oxidation sites excluding steroid dienone is 3. The topological polar surface area (TPSA) is 35.5 Å². The van der Waals surface area contributed by atoms with Gasteiger partial charge in [-0.1, -0.05) is 69.8 Å². The van der Waals surface area contributed by atoms with Gasteiger partial charge in [0.2, 0.25) is 0 Å². The Morgan fingerprint density at radius 2 is 1.65 bits per heavy atom. The van der Waals surface area contributed by atoms with E-state index in [-0.39, 0.29) is 12.1 Å². The van der Waals surface area contributed by atoms with Gasteiger partial charge in [0.15, 0.2) is 8.32 Å². The molecule has 4 heteroatoms. The Morgan fingerprint density at radius 3 is 2.31 bits per heavy atom. The normalized spacial score (nSPS) is 13.6. The zero-order valence-electron chi connectivity index (χ0n) is 17.9. The fourth-order valence-corrected chi connectivity index (χ4v) is 3.88. The zero-order chi connectivity index (χ0) is 19.7. The van der Waals surface area contributed by atoms with Gasteiger partial charge < -0.3 is 9.16 Å². The van der Waals surface area contributed by atoms with Gasteiger partial charge in [0, 0.05) is 6.42 Å². The largest absolute Gasteiger partial charge is 0.469 e. The van der Waals surface area contributed by atoms with Crippen LogP contribution >= 0.6 is 0 Å². The first-order valence-corrected chi connectivity index (χ1v) is 13.9. The molecule has 0 saturated heterocycles. The van der Waals surface area contributed by atoms with Crippen LogP contribution in [-0.2, 0) is 14.0 Å². The first kappa shape index (κ1) is 25.1. The highest BCUT2D eigenvalue weighted by Crippen LogP contribution is 2.16. The molecular formula is C22H42O3Si. The van der Waals surface area contributed by atoms with Crippen LogP contribution in [0.25, 0.3) is 0 Å². The fraction of sp³-hybridized carbons (Fsp3) is 0.773. The van der Waals surface area contributed by atoms with E-state index in [0.717, 1.165) is 19.3 Å². The standard InChI is InChI=1S/C22H42O3Si/c1-6-7-8-9-10-12-15-18-21(25-26(3,4)5)19-16-13-11-14-17-20-22(23)24-2/h10,12,15,18,21H,6-9,11,13-14,16-17,19-20H2,1-5H3/b12-10+,18-15+/t21-/m1/s1. The molecule has 26 heavy (non-hydrogen) atoms. The quantitative estimate of drug-likeness (QED) is 0.127. The predicted octanol–water partition coefficient (Wildman–Crippen LogP) is 6.80. The summed E-state index contributed by atoms with van der Waals surface area (Å²) in [4.78, 5) is 11.1. The Labute approximate surface area is 163 Å². The maximum absolute atomic E-state index is 11.1. The Balaban J connectivity index is 4.05. The third-order valence-corrected chi connectivity index (χ3v) is 5.16. The van der Waals surface area contributed by atoms with Gasteiger partial charge in [0.05, 0.1) is 13.2 Å². The lowest BCUT2D eigenvalue weighted by Crippen LogP contribution is -2.31. The number of hydrogen-bond acceptors (Lipinski definition) is 3. The van der Waals surface area contributed by atoms with Crippen molar-refractivity contribution >= 4 is 14.3 Å². The Bertz CT molecular complexity index is 397. The highest BCUT2D eigenvalue weighted by atomic mass is 28.4. The van der Waals surface area contributed by atoms with Gasteiger partial charge in [-0.3, -0.25) is 4.79 Å². The van der Waals surface area contributed by atoms with Gasteiger partial charge in [0.25, 0.3) is 0 Å². The minimum Gasteiger partial charge on any atom is -0.469 e. The van der Waals surface area contributed by atoms with Crippen LogP contribution in [0, 0.1) is 0 Å². The third-order valence-electron chi connectivity index (χ3n) is 4.15. The summed E-state index contributed by atoms with van der Waals surface area (Å²) >= 11 is 0. The molecule has 1 atom stereocenters. The summed E-state index contributed by atoms with van der Waals surface area (Å²) in [5, 5.41) is 0. The van der Waals surface area contributed by atoms with Crippen LogP contribution in [0.1, 0.15) is 77.6 Å². The van der Waals surface area contributed by atoms with E-state index in [2.05, 4.69) is 55.6 Å². The van der Waals surface area contributed by atoms with Gasteiger partial charge >= 0.3 is 5.97 Å². The molecule has 0 N–H and O–H groups in total. The lowest BCUT2D eigenvalue weighted by atomic mass is 10.1. The van der Waals surface area contributed by atoms with E-state index in [1.165, 1.54) is 52.1 Å². The van der Waals surface area contributed by atoms with Crippen molar-refractivity contribution in [3.8, 4) is 0 Å². The molecule has 0 aliphatic rings. The number of unbranched alkanes of at least 4 members (excludes halogenated alkanes) is 7. The number of hydrogen-bond donors (Lipinski definition) is 0. The third kappa shape index (κ3) is 17.9. The minimum absolute atomic E-state index is 0.0958. The van der Waals surface area contributed by atoms with Crippen LogP contribution in [0.4, 0.5) is 0 Å². The molecule has 0 spiro atoms. The molecule has 3 nitrogen and oxygen atoms in total. The maximum atomic E-state index is 11.1. The molecular weight excluding hydrogens is 340 g/mol. The van der Waals surface area contributed by atoms with Crippen LogP contribution < -0.4 is 0 Å². The second-order valence-electron chi connectivity index (χ2n) is 7.96. The molecule has 0 radical (unpaired) electrons. The Morgan fingerprint density at radius 1 is 0.962 bits per heavy atom. The first-order chi connectivity index (χ1) is 12.4. The summed E-state index contributed by atoms with van der Waals surface area (Å²) in [6.07, 6.45) is 21.3. The summed E-state index contributed by atoms with van der Waals surface area (Å²) in [6, 6.07) is 0. The molecule has 0 unspecified atom stereocenters. The van der Waals surface area contributed by atoms with Gasteiger partial charge in [-0.15, -0.1) is 0 Å². The molecule has 0 aromatic carbocycles. The van der Waals surface area contributed by atoms with Crippen LogP contribution in [0.15, 0.2) is 24.3 Å². The highest BCUT2D eigenvalue weighted by molar-refractivity contribution is 6.69. The monoisotopic (exact) mass is 382 g/mol. The number of methoxy groups -OCH3 is 1. The van der Waals surface area contributed by atoms with E-state index in [1.807, 2.05) is 0 Å². The number of carbonyl (C=O) groups is 1. The van der Waals surface area contributed by atoms with E-state index in [4.69, 9.17) is 4.43 Å². The molecule has 0 fully saturated rings. The lowest BCUT2D eigenvalue weighted by molar-refractivity contribution is -0.140. The number of ether oxygens (including phenoxy) is 1. The number of rotatable bonds is 16. The van der Waals surface area contributed by atoms with E-state index >= 15 is 0 Å². The summed E-state index contributed by atoms with van der Waals surface area (Å²) in [7, 11) is -0.0778. The molecule has 0 heterocycles. The smallest absolute Gasteiger partial charge is 0.305 e. The Hall–Kier alpha value is -0.873. The van der Waals surface area contributed by atoms with Crippen molar-refractivity contribution in [3.63, 3.8) is 0 Å². The van der Waals surface area contributed by atoms with Crippen molar-refractivity contribution in [1.82, 2.24) is 0 Å². The predicted molar refractivity (Wildman–Crippen MR) is 115 cm³/mol. The number of carbonyl (C=O) groups excluding carboxylic acids is 1. The van der Waals surface area contributed by atoms with Gasteiger partial charge in [-0.05, 0) is 45.3 Å². The molecule has 0 aromatic rings. The zero-order valence-corrected chi connectivity index (χ0v) is 18.9. The second kappa shape index (κ2) is 16.3. The molecule has 0 rings (SSSR count). The molecule has 0 aliphatic heterocycles. The molecule has 0 bridgehead atoms. The van der Waals surface area contributed by atoms with Crippen molar-refractivity contribution in [3.05, 3.63) is 24.3 Å². The van der Waals surface area contributed by atoms with E-state index in [9.17, 15) is 4.79 Å². The van der Waals surface area contributed by atoms with E-state index < -0.39 is 8.32 Å². The second-order valence-corrected chi connectivity index (χ2v) is 12.4. The van der Waals surface area contributed by atoms with Gasteiger partial charge in [-0.2, -0.15) is 0 Å². The number of esters is 1. The minimum atomic E-state index is -1.53. The molecule has 152 valence electrons. The maximum Gasteiger partial charge on any atom is 0.305 e. The van der Waals surface area contributed by atoms with Crippen molar-refractivity contribution in [1.29, 1.82) is 0 Å². The Kier molecular flexibility index (Phi) is 15.8. The lowest BCUT2D eigenvalue weighted by Gasteiger charge is -2.24. The highest BCUT2D eigenvalue weighted by Gasteiger charge is 2.18. The van der Waals surface area contributed by atoms with Crippen molar-refractivity contribution < 1.29 is 14.0 Å². The van der Waals surface area contributed by atoms with Crippen molar-refractivity contribution in [2.75, 3.05) is 7.11 Å². The summed E-state index contributed by atoms with van der Waals surface area (Å²) in [5.41, 5.74) is 0. The van der Waals surface area contributed by atoms with Gasteiger partial charge in [0.1, 0.15) is 0 Å². The van der Waals surface area contributed by atoms with Crippen molar-refractivity contribution in [2.45, 2.75) is 103 Å². The van der Waals surface area contributed by atoms with E-state index in [1.54, 1.807) is 0 Å². The molecule has 0 saturated carbocycles. The summed E-state index contributed by atoms with van der Waals surface area (Å²) < 4.78 is 11.0. The SMILES string of the molecule is CCCCC/C=C/C=C/[C@H](CCCCCCCC(=O)OC)O[Si](C)(C)C.